The summed E-state index contributed by atoms with van der Waals surface area (Å²) in [6, 6.07) is -8.16. The Kier molecular flexibility index (Phi) is 38.8. The van der Waals surface area contributed by atoms with Crippen molar-refractivity contribution >= 4 is 130 Å². The van der Waals surface area contributed by atoms with E-state index in [9.17, 15) is 97.2 Å². The quantitative estimate of drug-likeness (QED) is 0.0273. The maximum atomic E-state index is 14.6. The molecule has 13 aliphatic rings. The van der Waals surface area contributed by atoms with Crippen LogP contribution in [0.2, 0.25) is 0 Å². The van der Waals surface area contributed by atoms with Gasteiger partial charge in [0.15, 0.2) is 9.84 Å². The first-order chi connectivity index (χ1) is 69.7. The molecule has 17 atom stereocenters. The van der Waals surface area contributed by atoms with Crippen LogP contribution in [-0.4, -0.2) is 291 Å². The number of hydrogen-bond donors (Lipinski definition) is 12. The van der Waals surface area contributed by atoms with Crippen molar-refractivity contribution in [3.63, 3.8) is 0 Å². The Bertz CT molecular complexity index is 5400. The highest BCUT2D eigenvalue weighted by Gasteiger charge is 2.58. The van der Waals surface area contributed by atoms with Gasteiger partial charge in [-0.15, -0.1) is 11.3 Å². The first kappa shape index (κ1) is 120. The second kappa shape index (κ2) is 48.5. The molecule has 0 spiro atoms. The molecule has 10 saturated carbocycles. The standard InChI is InChI=1S/C37H58N6O7S2.C37H61N5O7S.C34H58N6O7S/c1-36(2,3)27(21-42(7)52(49,50)28-15-10-18-51-28)40-35(48)41-31(37(4,5)6)34(47)43-20-23-13-9-14-25(23)29(43)32(45)39-26(19-22-11-8-12-22)30(44)33(46)38-24-16-17-24;1-35(2,3)30(40-34(47)41-37(18-8-7-9-19-37)22-50(48,49)36(4,5)6)33(46)42-21-24-14-11-15-26(24)28(42)31(44)39-27(20-23-12-10-13-23)29(43)32(45)38-25-16-17-25;1-33(2,3)25(19-39(7)48(8,46)47)37-32(45)38-28(34(4,5)6)31(44)40-18-21-13-10-14-23(21)26(40)29(42)36-24(17-20-11-9-12-20)27(41)30(43)35-22-15-16-22/h10,15,18,22-27,29,31H,8-9,11-14,16-17,19-21H2,1-7H3,(H,38,46)(H,39,45)(H2,40,41,48);23-28,30H,7-22H2,1-6H3,(H,38,45)(H,39,44)(H2,40,41,47);20-26,28H,9-19H2,1-8H3,(H,35,43)(H,36,42)(H2,37,38,45)/t23-,25-,26?,27+,29-,31+;24-,26-,27?,28-,30+;21-,23-,24?,25+,26-,28+/m000/s1. The van der Waals surface area contributed by atoms with Gasteiger partial charge in [0, 0.05) is 77.0 Å². The summed E-state index contributed by atoms with van der Waals surface area (Å²) in [6.07, 6.45) is 27.6. The Morgan fingerprint density at radius 2 is 0.687 bits per heavy atom. The summed E-state index contributed by atoms with van der Waals surface area (Å²) in [4.78, 5) is 210. The van der Waals surface area contributed by atoms with E-state index in [1.165, 1.54) is 22.7 Å². The number of nitrogens with zero attached hydrogens (tertiary/aromatic N) is 5. The van der Waals surface area contributed by atoms with Gasteiger partial charge in [-0.1, -0.05) is 206 Å². The largest absolute Gasteiger partial charge is 0.347 e. The van der Waals surface area contributed by atoms with E-state index >= 15 is 0 Å². The van der Waals surface area contributed by atoms with Crippen LogP contribution in [0.15, 0.2) is 21.7 Å². The lowest BCUT2D eigenvalue weighted by Crippen LogP contribution is -2.64. The molecule has 1 aromatic rings. The Morgan fingerprint density at radius 1 is 0.380 bits per heavy atom. The fourth-order valence-electron chi connectivity index (χ4n) is 23.2. The van der Waals surface area contributed by atoms with Crippen molar-refractivity contribution < 1.29 is 97.2 Å². The van der Waals surface area contributed by atoms with Crippen LogP contribution in [0.5, 0.6) is 0 Å². The highest BCUT2D eigenvalue weighted by atomic mass is 32.2. The number of hydrogen-bond acceptors (Lipinski definition) is 22. The minimum atomic E-state index is -3.77. The number of sulfone groups is 1. The molecule has 12 N–H and O–H groups in total. The molecule has 0 aromatic carbocycles. The number of thiophene rings is 1. The minimum Gasteiger partial charge on any atom is -0.347 e. The number of fused-ring (bicyclic) bond motifs is 3. The Balaban J connectivity index is 0.000000200. The third kappa shape index (κ3) is 31.1. The fourth-order valence-corrected chi connectivity index (χ4v) is 27.5. The number of rotatable bonds is 39. The summed E-state index contributed by atoms with van der Waals surface area (Å²) in [7, 11) is -7.88. The van der Waals surface area contributed by atoms with Crippen molar-refractivity contribution in [3.05, 3.63) is 17.5 Å². The van der Waals surface area contributed by atoms with Crippen molar-refractivity contribution in [1.82, 2.24) is 87.1 Å². The molecule has 38 nitrogen and oxygen atoms in total. The van der Waals surface area contributed by atoms with Crippen LogP contribution >= 0.6 is 11.3 Å². The predicted molar refractivity (Wildman–Crippen MR) is 571 cm³/mol. The van der Waals surface area contributed by atoms with Crippen LogP contribution in [0, 0.1) is 80.3 Å². The molecule has 10 aliphatic carbocycles. The molecule has 844 valence electrons. The minimum absolute atomic E-state index is 0.00242. The zero-order valence-corrected chi connectivity index (χ0v) is 96.1. The summed E-state index contributed by atoms with van der Waals surface area (Å²) in [6.45, 7) is 34.1. The van der Waals surface area contributed by atoms with Crippen molar-refractivity contribution in [2.75, 3.05) is 58.8 Å². The van der Waals surface area contributed by atoms with Crippen LogP contribution in [0.3, 0.4) is 0 Å². The molecule has 3 unspecified atom stereocenters. The number of urea groups is 3. The molecule has 3 saturated heterocycles. The molecule has 0 radical (unpaired) electrons. The molecule has 4 heterocycles. The second-order valence-corrected chi connectivity index (χ2v) is 60.6. The average Bonchev–Trinajstić information content (AvgIpc) is 1.60. The van der Waals surface area contributed by atoms with Crippen LogP contribution in [0.1, 0.15) is 330 Å². The van der Waals surface area contributed by atoms with Gasteiger partial charge in [0.2, 0.25) is 62.8 Å². The molecule has 1 aromatic heterocycles. The van der Waals surface area contributed by atoms with Crippen molar-refractivity contribution in [1.29, 1.82) is 0 Å². The van der Waals surface area contributed by atoms with Gasteiger partial charge in [0.25, 0.3) is 27.7 Å². The van der Waals surface area contributed by atoms with Gasteiger partial charge >= 0.3 is 18.1 Å². The van der Waals surface area contributed by atoms with Crippen molar-refractivity contribution in [2.24, 2.45) is 80.3 Å². The third-order valence-corrected chi connectivity index (χ3v) is 41.4. The smallest absolute Gasteiger partial charge is 0.315 e. The summed E-state index contributed by atoms with van der Waals surface area (Å²) >= 11 is 1.12. The molecule has 14 rings (SSSR count). The van der Waals surface area contributed by atoms with Gasteiger partial charge in [-0.3, -0.25) is 57.5 Å². The molecule has 15 amide bonds. The molecule has 42 heteroatoms. The number of ketones is 3. The van der Waals surface area contributed by atoms with Crippen LogP contribution in [0.25, 0.3) is 0 Å². The van der Waals surface area contributed by atoms with Gasteiger partial charge in [-0.2, -0.15) is 4.31 Å². The van der Waals surface area contributed by atoms with E-state index in [4.69, 9.17) is 0 Å². The van der Waals surface area contributed by atoms with Gasteiger partial charge in [0.05, 0.1) is 40.4 Å². The van der Waals surface area contributed by atoms with E-state index in [1.54, 1.807) is 53.0 Å². The maximum Gasteiger partial charge on any atom is 0.315 e. The van der Waals surface area contributed by atoms with Crippen LogP contribution in [0.4, 0.5) is 14.4 Å². The summed E-state index contributed by atoms with van der Waals surface area (Å²) in [5.41, 5.74) is -4.23. The molecule has 13 fully saturated rings. The SMILES string of the molecule is CC(C)(C)[C@H](NC(=O)NC1(CS(=O)(=O)C(C)(C)C)CCCCC1)C(=O)N1C[C@@H]2CCC[C@@H]2[C@H]1C(=O)NC(CC1CCC1)C(=O)C(=O)NC1CC1.CN(C[C@@H](NC(=O)N[C@H](C(=O)N1C[C@@H]2CCC[C@@H]2[C@H]1C(=O)NC(CC1CCC1)C(=O)C(=O)NC1CC1)C(C)(C)C)C(C)(C)C)S(=O)(=O)c1cccs1.CN(C[C@@H](NC(=O)N[C@H](C(=O)N1C[C@@H]2CCC[C@@H]2[C@H]1C(=O)NC(CC1CCC1)C(=O)C(=O)NC1CC1)C(C)(C)C)C(C)(C)C)S(C)(=O)=O. The number of likely N-dealkylation sites (tertiary alicyclic amines) is 3. The molecule has 0 bridgehead atoms. The van der Waals surface area contributed by atoms with Gasteiger partial charge in [-0.25, -0.2) is 43.9 Å². The lowest BCUT2D eigenvalue weighted by atomic mass is 9.80. The third-order valence-electron chi connectivity index (χ3n) is 34.1. The van der Waals surface area contributed by atoms with E-state index in [-0.39, 0.29) is 106 Å². The zero-order valence-electron chi connectivity index (χ0n) is 92.8. The first-order valence-corrected chi connectivity index (χ1v) is 61.3. The van der Waals surface area contributed by atoms with E-state index < -0.39 is 210 Å². The number of carbonyl (C=O) groups is 15. The number of sulfonamides is 2. The number of likely N-dealkylation sites (N-methyl/N-ethyl adjacent to an activating group) is 2. The van der Waals surface area contributed by atoms with Gasteiger partial charge in [0.1, 0.15) is 40.5 Å². The van der Waals surface area contributed by atoms with Crippen LogP contribution < -0.4 is 63.8 Å². The van der Waals surface area contributed by atoms with Gasteiger partial charge in [-0.05, 0) is 222 Å². The average molecular weight is 2180 g/mol. The monoisotopic (exact) mass is 2180 g/mol. The maximum absolute atomic E-state index is 14.6. The predicted octanol–water partition coefficient (Wildman–Crippen LogP) is 9.57. The number of Topliss-reactive ketones (excluding diaryl/α,β-unsaturated/α-hetero) is 3. The number of nitrogens with one attached hydrogen (secondary N) is 12. The van der Waals surface area contributed by atoms with E-state index in [0.717, 1.165) is 191 Å². The Morgan fingerprint density at radius 3 is 0.953 bits per heavy atom. The van der Waals surface area contributed by atoms with E-state index in [2.05, 4.69) is 63.8 Å². The lowest BCUT2D eigenvalue weighted by Gasteiger charge is -2.41. The topological polar surface area (TPSA) is 519 Å². The van der Waals surface area contributed by atoms with E-state index in [1.807, 2.05) is 104 Å². The fraction of sp³-hybridized carbons (Fsp3) is 0.824. The van der Waals surface area contributed by atoms with E-state index in [0.29, 0.717) is 51.7 Å². The Labute approximate surface area is 894 Å². The lowest BCUT2D eigenvalue weighted by molar-refractivity contribution is -0.144. The number of carbonyl (C=O) groups excluding carboxylic acids is 15. The Hall–Kier alpha value is -8.48. The highest BCUT2D eigenvalue weighted by molar-refractivity contribution is 7.92. The molecular weight excluding hydrogens is 2000 g/mol. The van der Waals surface area contributed by atoms with Crippen molar-refractivity contribution in [2.45, 2.75) is 429 Å². The summed E-state index contributed by atoms with van der Waals surface area (Å²) < 4.78 is 78.9. The number of amides is 15. The second-order valence-electron chi connectivity index (χ2n) is 52.5. The normalized spacial score (nSPS) is 25.2. The van der Waals surface area contributed by atoms with Gasteiger partial charge < -0.3 is 78.5 Å². The molecular formula is C108H177N17O21S4. The molecule has 150 heavy (non-hydrogen) atoms. The highest BCUT2D eigenvalue weighted by Crippen LogP contribution is 2.48. The summed E-state index contributed by atoms with van der Waals surface area (Å²) in [5, 5.41) is 36.3. The van der Waals surface area contributed by atoms with Crippen molar-refractivity contribution in [3.8, 4) is 0 Å². The van der Waals surface area contributed by atoms with Crippen LogP contribution in [-0.2, 0) is 87.4 Å². The zero-order chi connectivity index (χ0) is 111. The summed E-state index contributed by atoms with van der Waals surface area (Å²) in [5.74, 6) is -5.66. The molecule has 3 aliphatic heterocycles. The first-order valence-electron chi connectivity index (χ1n) is 55.5.